The molecule has 3 rings (SSSR count). The van der Waals surface area contributed by atoms with Crippen molar-refractivity contribution in [1.29, 1.82) is 0 Å². The van der Waals surface area contributed by atoms with E-state index in [9.17, 15) is 15.0 Å². The summed E-state index contributed by atoms with van der Waals surface area (Å²) in [7, 11) is 0. The van der Waals surface area contributed by atoms with Crippen LogP contribution in [-0.2, 0) is 23.2 Å². The van der Waals surface area contributed by atoms with Crippen LogP contribution in [0.2, 0.25) is 5.02 Å². The van der Waals surface area contributed by atoms with Crippen LogP contribution in [0.3, 0.4) is 0 Å². The third kappa shape index (κ3) is 3.55. The topological polar surface area (TPSA) is 69.6 Å². The predicted octanol–water partition coefficient (Wildman–Crippen LogP) is 2.93. The molecule has 0 radical (unpaired) electrons. The molecule has 0 aromatic heterocycles. The van der Waals surface area contributed by atoms with E-state index in [4.69, 9.17) is 11.6 Å². The lowest BCUT2D eigenvalue weighted by Gasteiger charge is -2.34. The Morgan fingerprint density at radius 2 is 2.04 bits per heavy atom. The highest BCUT2D eigenvalue weighted by Crippen LogP contribution is 2.34. The summed E-state index contributed by atoms with van der Waals surface area (Å²) in [5.41, 5.74) is 1.66. The van der Waals surface area contributed by atoms with E-state index in [-0.39, 0.29) is 24.6 Å². The number of amides is 1. The molecule has 1 unspecified atom stereocenters. The fraction of sp³-hybridized carbons (Fsp3) is 0.316. The summed E-state index contributed by atoms with van der Waals surface area (Å²) in [6.07, 6.45) is 2.59. The van der Waals surface area contributed by atoms with Crippen molar-refractivity contribution in [3.8, 4) is 5.75 Å². The Bertz CT molecular complexity index is 762. The number of benzene rings is 2. The van der Waals surface area contributed by atoms with Crippen molar-refractivity contribution < 1.29 is 15.0 Å². The number of fused-ring (bicyclic) bond motifs is 1. The summed E-state index contributed by atoms with van der Waals surface area (Å²) in [6, 6.07) is 12.4. The number of nitrogens with one attached hydrogen (secondary N) is 1. The van der Waals surface area contributed by atoms with Gasteiger partial charge in [-0.1, -0.05) is 41.9 Å². The average molecular weight is 346 g/mol. The highest BCUT2D eigenvalue weighted by Gasteiger charge is 2.34. The molecule has 2 aromatic carbocycles. The maximum atomic E-state index is 12.2. The van der Waals surface area contributed by atoms with Gasteiger partial charge in [0.05, 0.1) is 13.0 Å². The lowest BCUT2D eigenvalue weighted by molar-refractivity contribution is -0.122. The zero-order chi connectivity index (χ0) is 17.2. The van der Waals surface area contributed by atoms with Crippen LogP contribution in [0.25, 0.3) is 0 Å². The summed E-state index contributed by atoms with van der Waals surface area (Å²) < 4.78 is 0. The number of hydrogen-bond donors (Lipinski definition) is 3. The van der Waals surface area contributed by atoms with Gasteiger partial charge in [-0.25, -0.2) is 0 Å². The van der Waals surface area contributed by atoms with Gasteiger partial charge in [-0.3, -0.25) is 4.79 Å². The molecule has 126 valence electrons. The maximum absolute atomic E-state index is 12.2. The first-order valence-corrected chi connectivity index (χ1v) is 8.40. The van der Waals surface area contributed by atoms with Crippen molar-refractivity contribution in [2.45, 2.75) is 31.3 Å². The highest BCUT2D eigenvalue weighted by atomic mass is 35.5. The Morgan fingerprint density at radius 1 is 1.25 bits per heavy atom. The Hall–Kier alpha value is -2.04. The van der Waals surface area contributed by atoms with Gasteiger partial charge in [0.2, 0.25) is 5.91 Å². The molecule has 1 aliphatic rings. The number of aryl methyl sites for hydroxylation is 1. The van der Waals surface area contributed by atoms with Gasteiger partial charge >= 0.3 is 0 Å². The van der Waals surface area contributed by atoms with Gasteiger partial charge in [-0.05, 0) is 48.1 Å². The first-order chi connectivity index (χ1) is 11.5. The summed E-state index contributed by atoms with van der Waals surface area (Å²) in [5, 5.41) is 23.5. The van der Waals surface area contributed by atoms with Crippen molar-refractivity contribution in [1.82, 2.24) is 5.32 Å². The molecule has 0 aliphatic heterocycles. The Morgan fingerprint density at radius 3 is 2.83 bits per heavy atom. The molecule has 0 saturated carbocycles. The number of halogens is 1. The first kappa shape index (κ1) is 16.8. The molecular formula is C19H20ClNO3. The Labute approximate surface area is 146 Å². The number of carbonyl (C=O) groups is 1. The van der Waals surface area contributed by atoms with Crippen molar-refractivity contribution in [2.24, 2.45) is 0 Å². The van der Waals surface area contributed by atoms with Crippen LogP contribution in [0.4, 0.5) is 0 Å². The summed E-state index contributed by atoms with van der Waals surface area (Å²) in [6.45, 7) is 0.179. The summed E-state index contributed by atoms with van der Waals surface area (Å²) in [5.74, 6) is -0.142. The number of aliphatic hydroxyl groups is 1. The molecule has 0 spiro atoms. The van der Waals surface area contributed by atoms with E-state index in [1.165, 1.54) is 12.1 Å². The Kier molecular flexibility index (Phi) is 4.78. The van der Waals surface area contributed by atoms with Crippen molar-refractivity contribution >= 4 is 17.5 Å². The molecule has 0 bridgehead atoms. The number of hydrogen-bond acceptors (Lipinski definition) is 3. The molecule has 5 heteroatoms. The number of aromatic hydroxyl groups is 1. The van der Waals surface area contributed by atoms with Gasteiger partial charge in [-0.2, -0.15) is 0 Å². The number of phenols is 1. The van der Waals surface area contributed by atoms with Crippen LogP contribution in [-0.4, -0.2) is 22.7 Å². The molecule has 0 heterocycles. The van der Waals surface area contributed by atoms with Gasteiger partial charge in [0.1, 0.15) is 11.4 Å². The second-order valence-corrected chi connectivity index (χ2v) is 6.68. The molecular weight excluding hydrogens is 326 g/mol. The standard InChI is InChI=1S/C19H20ClNO3/c20-17-11-15(22)8-7-14(17)10-18(23)21-12-19(24)9-3-5-13-4-1-2-6-16(13)19/h1-2,4,6-8,11,22,24H,3,5,9-10,12H2,(H,21,23). The molecule has 2 aromatic rings. The SMILES string of the molecule is O=C(Cc1ccc(O)cc1Cl)NCC1(O)CCCc2ccccc21. The van der Waals surface area contributed by atoms with E-state index in [0.29, 0.717) is 17.0 Å². The van der Waals surface area contributed by atoms with Crippen LogP contribution in [0.15, 0.2) is 42.5 Å². The van der Waals surface area contributed by atoms with Crippen LogP contribution < -0.4 is 5.32 Å². The molecule has 1 aliphatic carbocycles. The molecule has 4 nitrogen and oxygen atoms in total. The van der Waals surface area contributed by atoms with Gasteiger partial charge in [0, 0.05) is 5.02 Å². The third-order valence-electron chi connectivity index (χ3n) is 4.52. The van der Waals surface area contributed by atoms with Gasteiger partial charge in [0.25, 0.3) is 0 Å². The molecule has 0 saturated heterocycles. The van der Waals surface area contributed by atoms with E-state index in [1.54, 1.807) is 6.07 Å². The quantitative estimate of drug-likeness (QED) is 0.798. The smallest absolute Gasteiger partial charge is 0.224 e. The van der Waals surface area contributed by atoms with Crippen molar-refractivity contribution in [3.05, 3.63) is 64.2 Å². The van der Waals surface area contributed by atoms with E-state index >= 15 is 0 Å². The minimum Gasteiger partial charge on any atom is -0.508 e. The predicted molar refractivity (Wildman–Crippen MR) is 93.1 cm³/mol. The minimum absolute atomic E-state index is 0.0669. The minimum atomic E-state index is -1.02. The number of carbonyl (C=O) groups excluding carboxylic acids is 1. The van der Waals surface area contributed by atoms with Crippen LogP contribution >= 0.6 is 11.6 Å². The van der Waals surface area contributed by atoms with E-state index in [0.717, 1.165) is 24.0 Å². The average Bonchev–Trinajstić information content (AvgIpc) is 2.56. The molecule has 0 fully saturated rings. The van der Waals surface area contributed by atoms with Gasteiger partial charge < -0.3 is 15.5 Å². The monoisotopic (exact) mass is 345 g/mol. The van der Waals surface area contributed by atoms with E-state index in [2.05, 4.69) is 5.32 Å². The molecule has 1 atom stereocenters. The largest absolute Gasteiger partial charge is 0.508 e. The normalized spacial score (nSPS) is 19.6. The number of phenolic OH excluding ortho intramolecular Hbond substituents is 1. The zero-order valence-corrected chi connectivity index (χ0v) is 14.0. The van der Waals surface area contributed by atoms with Crippen LogP contribution in [0, 0.1) is 0 Å². The van der Waals surface area contributed by atoms with Crippen molar-refractivity contribution in [3.63, 3.8) is 0 Å². The molecule has 3 N–H and O–H groups in total. The van der Waals surface area contributed by atoms with Crippen LogP contribution in [0.1, 0.15) is 29.5 Å². The first-order valence-electron chi connectivity index (χ1n) is 8.03. The zero-order valence-electron chi connectivity index (χ0n) is 13.3. The van der Waals surface area contributed by atoms with E-state index < -0.39 is 5.60 Å². The second-order valence-electron chi connectivity index (χ2n) is 6.27. The second kappa shape index (κ2) is 6.83. The van der Waals surface area contributed by atoms with E-state index in [1.807, 2.05) is 24.3 Å². The lowest BCUT2D eigenvalue weighted by Crippen LogP contribution is -2.43. The highest BCUT2D eigenvalue weighted by molar-refractivity contribution is 6.31. The fourth-order valence-corrected chi connectivity index (χ4v) is 3.48. The maximum Gasteiger partial charge on any atom is 0.224 e. The van der Waals surface area contributed by atoms with Gasteiger partial charge in [-0.15, -0.1) is 0 Å². The Balaban J connectivity index is 1.66. The molecule has 24 heavy (non-hydrogen) atoms. The summed E-state index contributed by atoms with van der Waals surface area (Å²) in [4.78, 5) is 12.2. The lowest BCUT2D eigenvalue weighted by atomic mass is 9.79. The van der Waals surface area contributed by atoms with Crippen molar-refractivity contribution in [2.75, 3.05) is 6.54 Å². The summed E-state index contributed by atoms with van der Waals surface area (Å²) >= 11 is 6.03. The van der Waals surface area contributed by atoms with Crippen LogP contribution in [0.5, 0.6) is 5.75 Å². The molecule has 1 amide bonds. The van der Waals surface area contributed by atoms with Gasteiger partial charge in [0.15, 0.2) is 0 Å². The number of rotatable bonds is 4. The fourth-order valence-electron chi connectivity index (χ4n) is 3.24. The third-order valence-corrected chi connectivity index (χ3v) is 4.87.